The van der Waals surface area contributed by atoms with Gasteiger partial charge in [0.05, 0.1) is 6.26 Å². The number of sulfonamides is 1. The van der Waals surface area contributed by atoms with Crippen molar-refractivity contribution in [2.24, 2.45) is 5.92 Å². The van der Waals surface area contributed by atoms with Gasteiger partial charge in [0.1, 0.15) is 0 Å². The monoisotopic (exact) mass is 316 g/mol. The second-order valence-corrected chi connectivity index (χ2v) is 9.01. The molecular formula is C14H24N2O2S2. The van der Waals surface area contributed by atoms with E-state index in [9.17, 15) is 8.42 Å². The average Bonchev–Trinajstić information content (AvgIpc) is 2.82. The van der Waals surface area contributed by atoms with E-state index in [-0.39, 0.29) is 0 Å². The van der Waals surface area contributed by atoms with Crippen molar-refractivity contribution in [3.05, 3.63) is 21.9 Å². The van der Waals surface area contributed by atoms with Crippen molar-refractivity contribution < 1.29 is 8.42 Å². The highest BCUT2D eigenvalue weighted by atomic mass is 32.2. The predicted molar refractivity (Wildman–Crippen MR) is 84.6 cm³/mol. The summed E-state index contributed by atoms with van der Waals surface area (Å²) < 4.78 is 24.8. The molecule has 1 aliphatic rings. The van der Waals surface area contributed by atoms with Gasteiger partial charge in [-0.2, -0.15) is 0 Å². The molecule has 0 aliphatic carbocycles. The van der Waals surface area contributed by atoms with Crippen LogP contribution in [0.4, 0.5) is 0 Å². The zero-order valence-electron chi connectivity index (χ0n) is 12.4. The second-order valence-electron chi connectivity index (χ2n) is 5.71. The van der Waals surface area contributed by atoms with E-state index in [0.717, 1.165) is 19.4 Å². The minimum absolute atomic E-state index is 0.335. The maximum absolute atomic E-state index is 11.6. The lowest BCUT2D eigenvalue weighted by Crippen LogP contribution is -2.42. The molecule has 114 valence electrons. The molecule has 1 aromatic heterocycles. The molecule has 1 saturated heterocycles. The Morgan fingerprint density at radius 1 is 1.50 bits per heavy atom. The first-order valence-electron chi connectivity index (χ1n) is 7.11. The summed E-state index contributed by atoms with van der Waals surface area (Å²) in [5.74, 6) is 0.419. The molecule has 2 atom stereocenters. The average molecular weight is 316 g/mol. The number of nitrogens with one attached hydrogen (secondary N) is 1. The van der Waals surface area contributed by atoms with Crippen molar-refractivity contribution >= 4 is 21.4 Å². The van der Waals surface area contributed by atoms with Gasteiger partial charge in [0.15, 0.2) is 0 Å². The lowest BCUT2D eigenvalue weighted by Gasteiger charge is -2.31. The molecule has 20 heavy (non-hydrogen) atoms. The van der Waals surface area contributed by atoms with E-state index in [2.05, 4.69) is 31.3 Å². The molecule has 2 rings (SSSR count). The Bertz CT molecular complexity index is 539. The molecule has 1 aliphatic heterocycles. The van der Waals surface area contributed by atoms with Gasteiger partial charge in [-0.1, -0.05) is 0 Å². The fourth-order valence-corrected chi connectivity index (χ4v) is 4.47. The number of rotatable bonds is 5. The van der Waals surface area contributed by atoms with Crippen LogP contribution in [-0.4, -0.2) is 38.6 Å². The Labute approximate surface area is 126 Å². The highest BCUT2D eigenvalue weighted by Crippen LogP contribution is 2.23. The van der Waals surface area contributed by atoms with Gasteiger partial charge in [0, 0.05) is 28.9 Å². The summed E-state index contributed by atoms with van der Waals surface area (Å²) in [5.41, 5.74) is 0. The van der Waals surface area contributed by atoms with Crippen molar-refractivity contribution in [3.63, 3.8) is 0 Å². The largest absolute Gasteiger partial charge is 0.309 e. The fraction of sp³-hybridized carbons (Fsp3) is 0.714. The Morgan fingerprint density at radius 3 is 2.85 bits per heavy atom. The third-order valence-corrected chi connectivity index (χ3v) is 6.30. The van der Waals surface area contributed by atoms with Crippen LogP contribution in [0.3, 0.4) is 0 Å². The minimum atomic E-state index is -3.04. The standard InChI is InChI=1S/C14H24N2O2S2/c1-11-6-7-14(19-11)12(2)15-9-13-5-4-8-16(10-13)20(3,17)18/h6-7,12-13,15H,4-5,8-10H2,1-3H3. The van der Waals surface area contributed by atoms with Gasteiger partial charge in [-0.05, 0) is 51.3 Å². The summed E-state index contributed by atoms with van der Waals surface area (Å²) in [5, 5.41) is 3.54. The number of aryl methyl sites for hydroxylation is 1. The zero-order valence-corrected chi connectivity index (χ0v) is 14.1. The SMILES string of the molecule is Cc1ccc(C(C)NCC2CCCN(S(C)(=O)=O)C2)s1. The Kier molecular flexibility index (Phi) is 5.23. The molecule has 0 saturated carbocycles. The van der Waals surface area contributed by atoms with Crippen molar-refractivity contribution in [3.8, 4) is 0 Å². The van der Waals surface area contributed by atoms with Crippen LogP contribution in [0.2, 0.25) is 0 Å². The van der Waals surface area contributed by atoms with Crippen LogP contribution in [0.15, 0.2) is 12.1 Å². The molecule has 4 nitrogen and oxygen atoms in total. The summed E-state index contributed by atoms with van der Waals surface area (Å²) in [6.07, 6.45) is 3.38. The smallest absolute Gasteiger partial charge is 0.211 e. The molecule has 0 radical (unpaired) electrons. The van der Waals surface area contributed by atoms with Gasteiger partial charge < -0.3 is 5.32 Å². The molecule has 0 bridgehead atoms. The summed E-state index contributed by atoms with van der Waals surface area (Å²) in [6.45, 7) is 6.50. The van der Waals surface area contributed by atoms with E-state index in [0.29, 0.717) is 25.0 Å². The van der Waals surface area contributed by atoms with E-state index in [4.69, 9.17) is 0 Å². The first-order chi connectivity index (χ1) is 9.36. The Balaban J connectivity index is 1.84. The Morgan fingerprint density at radius 2 is 2.25 bits per heavy atom. The molecule has 1 aromatic rings. The molecular weight excluding hydrogens is 292 g/mol. The van der Waals surface area contributed by atoms with Crippen LogP contribution >= 0.6 is 11.3 Å². The maximum Gasteiger partial charge on any atom is 0.211 e. The number of thiophene rings is 1. The number of hydrogen-bond acceptors (Lipinski definition) is 4. The van der Waals surface area contributed by atoms with Crippen molar-refractivity contribution in [2.45, 2.75) is 32.7 Å². The van der Waals surface area contributed by atoms with E-state index in [1.54, 1.807) is 4.31 Å². The van der Waals surface area contributed by atoms with E-state index < -0.39 is 10.0 Å². The van der Waals surface area contributed by atoms with Gasteiger partial charge in [-0.25, -0.2) is 12.7 Å². The van der Waals surface area contributed by atoms with Crippen LogP contribution in [-0.2, 0) is 10.0 Å². The molecule has 0 amide bonds. The van der Waals surface area contributed by atoms with E-state index in [1.807, 2.05) is 11.3 Å². The van der Waals surface area contributed by atoms with Crippen LogP contribution in [0.25, 0.3) is 0 Å². The summed E-state index contributed by atoms with van der Waals surface area (Å²) >= 11 is 1.82. The topological polar surface area (TPSA) is 49.4 Å². The number of piperidine rings is 1. The van der Waals surface area contributed by atoms with Crippen LogP contribution in [0.5, 0.6) is 0 Å². The van der Waals surface area contributed by atoms with Crippen molar-refractivity contribution in [1.82, 2.24) is 9.62 Å². The highest BCUT2D eigenvalue weighted by molar-refractivity contribution is 7.88. The van der Waals surface area contributed by atoms with Gasteiger partial charge >= 0.3 is 0 Å². The van der Waals surface area contributed by atoms with Crippen molar-refractivity contribution in [1.29, 1.82) is 0 Å². The first kappa shape index (κ1) is 15.9. The lowest BCUT2D eigenvalue weighted by molar-refractivity contribution is 0.257. The molecule has 0 spiro atoms. The van der Waals surface area contributed by atoms with Crippen LogP contribution in [0.1, 0.15) is 35.6 Å². The molecule has 2 heterocycles. The quantitative estimate of drug-likeness (QED) is 0.907. The third-order valence-electron chi connectivity index (χ3n) is 3.85. The summed E-state index contributed by atoms with van der Waals surface area (Å²) in [7, 11) is -3.04. The molecule has 2 unspecified atom stereocenters. The highest BCUT2D eigenvalue weighted by Gasteiger charge is 2.25. The maximum atomic E-state index is 11.6. The van der Waals surface area contributed by atoms with Gasteiger partial charge in [0.2, 0.25) is 10.0 Å². The predicted octanol–water partition coefficient (Wildman–Crippen LogP) is 2.38. The van der Waals surface area contributed by atoms with Gasteiger partial charge in [-0.3, -0.25) is 0 Å². The zero-order chi connectivity index (χ0) is 14.8. The van der Waals surface area contributed by atoms with Gasteiger partial charge in [-0.15, -0.1) is 11.3 Å². The first-order valence-corrected chi connectivity index (χ1v) is 9.77. The van der Waals surface area contributed by atoms with Crippen molar-refractivity contribution in [2.75, 3.05) is 25.9 Å². The number of hydrogen-bond donors (Lipinski definition) is 1. The fourth-order valence-electron chi connectivity index (χ4n) is 2.62. The second kappa shape index (κ2) is 6.56. The van der Waals surface area contributed by atoms with Crippen LogP contribution in [0, 0.1) is 12.8 Å². The minimum Gasteiger partial charge on any atom is -0.309 e. The Hall–Kier alpha value is -0.430. The molecule has 6 heteroatoms. The van der Waals surface area contributed by atoms with E-state index in [1.165, 1.54) is 16.0 Å². The summed E-state index contributed by atoms with van der Waals surface area (Å²) in [6, 6.07) is 4.65. The van der Waals surface area contributed by atoms with E-state index >= 15 is 0 Å². The third kappa shape index (κ3) is 4.28. The van der Waals surface area contributed by atoms with Gasteiger partial charge in [0.25, 0.3) is 0 Å². The lowest BCUT2D eigenvalue weighted by atomic mass is 9.99. The molecule has 0 aromatic carbocycles. The normalized spacial score (nSPS) is 22.9. The number of nitrogens with zero attached hydrogens (tertiary/aromatic N) is 1. The summed E-state index contributed by atoms with van der Waals surface area (Å²) in [4.78, 5) is 2.67. The molecule has 1 N–H and O–H groups in total. The molecule has 1 fully saturated rings. The van der Waals surface area contributed by atoms with Crippen LogP contribution < -0.4 is 5.32 Å².